The zero-order valence-corrected chi connectivity index (χ0v) is 14.1. The van der Waals surface area contributed by atoms with Crippen LogP contribution in [0.25, 0.3) is 0 Å². The van der Waals surface area contributed by atoms with E-state index in [2.05, 4.69) is 17.4 Å². The zero-order valence-electron chi connectivity index (χ0n) is 14.1. The fourth-order valence-electron chi connectivity index (χ4n) is 2.49. The molecule has 23 heavy (non-hydrogen) atoms. The molecular formula is C19H23NO3. The number of ether oxygens (including phenoxy) is 2. The van der Waals surface area contributed by atoms with Crippen molar-refractivity contribution in [2.24, 2.45) is 0 Å². The first-order valence-electron chi connectivity index (χ1n) is 7.66. The molecule has 0 spiro atoms. The lowest BCUT2D eigenvalue weighted by Gasteiger charge is -2.14. The summed E-state index contributed by atoms with van der Waals surface area (Å²) in [7, 11) is 3.30. The van der Waals surface area contributed by atoms with E-state index in [0.717, 1.165) is 40.4 Å². The van der Waals surface area contributed by atoms with E-state index in [4.69, 9.17) is 9.47 Å². The Morgan fingerprint density at radius 1 is 1.04 bits per heavy atom. The molecule has 0 unspecified atom stereocenters. The van der Waals surface area contributed by atoms with Crippen molar-refractivity contribution < 1.29 is 14.3 Å². The summed E-state index contributed by atoms with van der Waals surface area (Å²) in [5, 5.41) is 2.64. The second kappa shape index (κ2) is 7.68. The second-order valence-electron chi connectivity index (χ2n) is 5.51. The van der Waals surface area contributed by atoms with Gasteiger partial charge < -0.3 is 14.8 Å². The monoisotopic (exact) mass is 313 g/mol. The van der Waals surface area contributed by atoms with E-state index in [-0.39, 0.29) is 5.91 Å². The molecule has 0 aromatic heterocycles. The fraction of sp³-hybridized carbons (Fsp3) is 0.316. The van der Waals surface area contributed by atoms with E-state index < -0.39 is 0 Å². The lowest BCUT2D eigenvalue weighted by Crippen LogP contribution is -2.17. The Labute approximate surface area is 137 Å². The van der Waals surface area contributed by atoms with Crippen LogP contribution in [0.1, 0.15) is 23.1 Å². The number of hydrogen-bond donors (Lipinski definition) is 1. The topological polar surface area (TPSA) is 47.6 Å². The molecule has 2 aromatic carbocycles. The molecule has 0 fully saturated rings. The van der Waals surface area contributed by atoms with Crippen LogP contribution >= 0.6 is 0 Å². The molecule has 0 aliphatic heterocycles. The van der Waals surface area contributed by atoms with Crippen molar-refractivity contribution in [3.63, 3.8) is 0 Å². The summed E-state index contributed by atoms with van der Waals surface area (Å²) in [5.74, 6) is 2.49. The van der Waals surface area contributed by atoms with Gasteiger partial charge in [0.05, 0.1) is 7.11 Å². The summed E-state index contributed by atoms with van der Waals surface area (Å²) >= 11 is 0. The highest BCUT2D eigenvalue weighted by molar-refractivity contribution is 5.75. The smallest absolute Gasteiger partial charge is 0.220 e. The van der Waals surface area contributed by atoms with Crippen molar-refractivity contribution >= 4 is 5.91 Å². The molecule has 1 amide bonds. The van der Waals surface area contributed by atoms with E-state index in [9.17, 15) is 4.79 Å². The summed E-state index contributed by atoms with van der Waals surface area (Å²) in [4.78, 5) is 11.4. The van der Waals surface area contributed by atoms with Gasteiger partial charge in [-0.2, -0.15) is 0 Å². The van der Waals surface area contributed by atoms with Crippen molar-refractivity contribution in [2.45, 2.75) is 26.7 Å². The summed E-state index contributed by atoms with van der Waals surface area (Å²) in [6.45, 7) is 4.05. The van der Waals surface area contributed by atoms with Gasteiger partial charge in [0.25, 0.3) is 0 Å². The third-order valence-corrected chi connectivity index (χ3v) is 3.72. The first-order chi connectivity index (χ1) is 11.0. The Kier molecular flexibility index (Phi) is 5.63. The number of methoxy groups -OCH3 is 1. The Morgan fingerprint density at radius 2 is 1.61 bits per heavy atom. The maximum atomic E-state index is 11.4. The molecule has 0 radical (unpaired) electrons. The van der Waals surface area contributed by atoms with Gasteiger partial charge in [0.15, 0.2) is 0 Å². The van der Waals surface area contributed by atoms with Crippen LogP contribution in [0.15, 0.2) is 36.4 Å². The predicted molar refractivity (Wildman–Crippen MR) is 91.4 cm³/mol. The van der Waals surface area contributed by atoms with Gasteiger partial charge in [-0.25, -0.2) is 0 Å². The maximum Gasteiger partial charge on any atom is 0.220 e. The zero-order chi connectivity index (χ0) is 16.8. The number of carbonyl (C=O) groups is 1. The highest BCUT2D eigenvalue weighted by Gasteiger charge is 2.09. The minimum absolute atomic E-state index is 0.0545. The Morgan fingerprint density at radius 3 is 2.13 bits per heavy atom. The van der Waals surface area contributed by atoms with E-state index in [0.29, 0.717) is 6.42 Å². The van der Waals surface area contributed by atoms with Gasteiger partial charge in [0.1, 0.15) is 17.2 Å². The first-order valence-corrected chi connectivity index (χ1v) is 7.66. The van der Waals surface area contributed by atoms with Crippen LogP contribution in [-0.2, 0) is 11.2 Å². The van der Waals surface area contributed by atoms with Crippen LogP contribution in [0.4, 0.5) is 0 Å². The molecule has 0 aliphatic carbocycles. The number of amides is 1. The SMILES string of the molecule is CNC(=O)CCc1cc(C)c(Oc2ccc(OC)cc2)c(C)c1. The normalized spacial score (nSPS) is 10.3. The van der Waals surface area contributed by atoms with Crippen molar-refractivity contribution in [1.29, 1.82) is 0 Å². The van der Waals surface area contributed by atoms with Gasteiger partial charge in [-0.05, 0) is 61.2 Å². The Hall–Kier alpha value is -2.49. The largest absolute Gasteiger partial charge is 0.497 e. The Balaban J connectivity index is 2.14. The molecular weight excluding hydrogens is 290 g/mol. The first kappa shape index (κ1) is 16.9. The lowest BCUT2D eigenvalue weighted by molar-refractivity contribution is -0.120. The highest BCUT2D eigenvalue weighted by Crippen LogP contribution is 2.31. The van der Waals surface area contributed by atoms with Gasteiger partial charge >= 0.3 is 0 Å². The number of carbonyl (C=O) groups excluding carboxylic acids is 1. The van der Waals surface area contributed by atoms with Crippen molar-refractivity contribution in [3.05, 3.63) is 53.1 Å². The molecule has 2 aromatic rings. The predicted octanol–water partition coefficient (Wildman–Crippen LogP) is 3.78. The molecule has 0 bridgehead atoms. The number of benzene rings is 2. The molecule has 0 saturated carbocycles. The third kappa shape index (κ3) is 4.49. The average Bonchev–Trinajstić information content (AvgIpc) is 2.56. The number of rotatable bonds is 6. The minimum atomic E-state index is 0.0545. The molecule has 4 nitrogen and oxygen atoms in total. The van der Waals surface area contributed by atoms with Crippen molar-refractivity contribution in [3.8, 4) is 17.2 Å². The summed E-state index contributed by atoms with van der Waals surface area (Å²) in [5.41, 5.74) is 3.27. The quantitative estimate of drug-likeness (QED) is 0.883. The summed E-state index contributed by atoms with van der Waals surface area (Å²) < 4.78 is 11.2. The number of aryl methyl sites for hydroxylation is 3. The molecule has 4 heteroatoms. The molecule has 1 N–H and O–H groups in total. The number of nitrogens with one attached hydrogen (secondary N) is 1. The van der Waals surface area contributed by atoms with E-state index in [1.54, 1.807) is 14.2 Å². The van der Waals surface area contributed by atoms with Crippen molar-refractivity contribution in [2.75, 3.05) is 14.2 Å². The van der Waals surface area contributed by atoms with Gasteiger partial charge in [0.2, 0.25) is 5.91 Å². The summed E-state index contributed by atoms with van der Waals surface area (Å²) in [6.07, 6.45) is 1.22. The van der Waals surface area contributed by atoms with Crippen LogP contribution in [0, 0.1) is 13.8 Å². The van der Waals surface area contributed by atoms with Gasteiger partial charge in [0, 0.05) is 13.5 Å². The van der Waals surface area contributed by atoms with Crippen LogP contribution < -0.4 is 14.8 Å². The van der Waals surface area contributed by atoms with E-state index in [1.807, 2.05) is 38.1 Å². The second-order valence-corrected chi connectivity index (χ2v) is 5.51. The maximum absolute atomic E-state index is 11.4. The highest BCUT2D eigenvalue weighted by atomic mass is 16.5. The number of hydrogen-bond acceptors (Lipinski definition) is 3. The van der Waals surface area contributed by atoms with Gasteiger partial charge in [-0.1, -0.05) is 12.1 Å². The van der Waals surface area contributed by atoms with Crippen LogP contribution in [-0.4, -0.2) is 20.1 Å². The van der Waals surface area contributed by atoms with Crippen LogP contribution in [0.2, 0.25) is 0 Å². The van der Waals surface area contributed by atoms with Crippen molar-refractivity contribution in [1.82, 2.24) is 5.32 Å². The minimum Gasteiger partial charge on any atom is -0.497 e. The average molecular weight is 313 g/mol. The van der Waals surface area contributed by atoms with Crippen LogP contribution in [0.3, 0.4) is 0 Å². The Bertz CT molecular complexity index is 655. The standard InChI is InChI=1S/C19H23NO3/c1-13-11-15(5-10-18(21)20-3)12-14(2)19(13)23-17-8-6-16(22-4)7-9-17/h6-9,11-12H,5,10H2,1-4H3,(H,20,21). The molecule has 0 aliphatic rings. The van der Waals surface area contributed by atoms with E-state index >= 15 is 0 Å². The molecule has 0 saturated heterocycles. The lowest BCUT2D eigenvalue weighted by atomic mass is 10.0. The molecule has 0 atom stereocenters. The molecule has 0 heterocycles. The fourth-order valence-corrected chi connectivity index (χ4v) is 2.49. The molecule has 2 rings (SSSR count). The van der Waals surface area contributed by atoms with Crippen LogP contribution in [0.5, 0.6) is 17.2 Å². The third-order valence-electron chi connectivity index (χ3n) is 3.72. The summed E-state index contributed by atoms with van der Waals surface area (Å²) in [6, 6.07) is 11.7. The van der Waals surface area contributed by atoms with E-state index in [1.165, 1.54) is 0 Å². The molecule has 122 valence electrons. The van der Waals surface area contributed by atoms with Gasteiger partial charge in [-0.15, -0.1) is 0 Å². The van der Waals surface area contributed by atoms with Gasteiger partial charge in [-0.3, -0.25) is 4.79 Å².